The van der Waals surface area contributed by atoms with Gasteiger partial charge in [0.15, 0.2) is 0 Å². The Bertz CT molecular complexity index is 312. The van der Waals surface area contributed by atoms with Gasteiger partial charge in [0.1, 0.15) is 11.5 Å². The number of aromatic hydroxyl groups is 1. The van der Waals surface area contributed by atoms with Gasteiger partial charge in [0, 0.05) is 5.56 Å². The molecule has 4 nitrogen and oxygen atoms in total. The van der Waals surface area contributed by atoms with Crippen LogP contribution in [0.2, 0.25) is 0 Å². The van der Waals surface area contributed by atoms with E-state index in [1.165, 1.54) is 13.2 Å². The number of rotatable bonds is 3. The molecule has 0 heterocycles. The number of methoxy groups -OCH3 is 1. The summed E-state index contributed by atoms with van der Waals surface area (Å²) in [4.78, 5) is 0. The van der Waals surface area contributed by atoms with Gasteiger partial charge in [-0.05, 0) is 25.1 Å². The third-order valence-corrected chi connectivity index (χ3v) is 2.11. The van der Waals surface area contributed by atoms with Gasteiger partial charge in [-0.15, -0.1) is 0 Å². The van der Waals surface area contributed by atoms with E-state index in [0.717, 1.165) is 0 Å². The Morgan fingerprint density at radius 2 is 2.07 bits per heavy atom. The van der Waals surface area contributed by atoms with Gasteiger partial charge in [0.25, 0.3) is 0 Å². The molecule has 0 saturated heterocycles. The second kappa shape index (κ2) is 4.30. The Kier molecular flexibility index (Phi) is 3.33. The fourth-order valence-electron chi connectivity index (χ4n) is 1.19. The zero-order chi connectivity index (χ0) is 10.7. The van der Waals surface area contributed by atoms with E-state index in [2.05, 4.69) is 0 Å². The second-order valence-electron chi connectivity index (χ2n) is 3.19. The molecule has 1 unspecified atom stereocenters. The van der Waals surface area contributed by atoms with Crippen LogP contribution in [0.15, 0.2) is 18.2 Å². The van der Waals surface area contributed by atoms with E-state index in [1.807, 2.05) is 0 Å². The monoisotopic (exact) mass is 197 g/mol. The number of phenols is 1. The van der Waals surface area contributed by atoms with Gasteiger partial charge < -0.3 is 20.7 Å². The van der Waals surface area contributed by atoms with Crippen molar-refractivity contribution in [3.8, 4) is 11.5 Å². The molecular weight excluding hydrogens is 182 g/mol. The molecule has 0 bridgehead atoms. The fourth-order valence-corrected chi connectivity index (χ4v) is 1.19. The summed E-state index contributed by atoms with van der Waals surface area (Å²) in [6, 6.07) is 4.14. The van der Waals surface area contributed by atoms with Crippen molar-refractivity contribution in [1.82, 2.24) is 0 Å². The van der Waals surface area contributed by atoms with E-state index in [4.69, 9.17) is 10.5 Å². The van der Waals surface area contributed by atoms with Gasteiger partial charge in [-0.25, -0.2) is 0 Å². The number of hydrogen-bond acceptors (Lipinski definition) is 4. The summed E-state index contributed by atoms with van der Waals surface area (Å²) in [7, 11) is 1.53. The molecule has 78 valence electrons. The predicted molar refractivity (Wildman–Crippen MR) is 53.3 cm³/mol. The molecule has 0 spiro atoms. The maximum absolute atomic E-state index is 9.50. The number of aliphatic hydroxyl groups is 1. The van der Waals surface area contributed by atoms with Crippen LogP contribution in [0.1, 0.15) is 18.5 Å². The standard InChI is InChI=1S/C10H15NO3/c1-6(12)10(11)8-5-7(14-2)3-4-9(8)13/h3-6,10,12-13H,11H2,1-2H3/t6?,10-/m1/s1. The molecule has 0 amide bonds. The number of aliphatic hydroxyl groups excluding tert-OH is 1. The van der Waals surface area contributed by atoms with Crippen LogP contribution in [0.4, 0.5) is 0 Å². The zero-order valence-electron chi connectivity index (χ0n) is 8.27. The molecule has 0 aliphatic heterocycles. The van der Waals surface area contributed by atoms with Crippen molar-refractivity contribution in [3.05, 3.63) is 23.8 Å². The van der Waals surface area contributed by atoms with Gasteiger partial charge in [0.05, 0.1) is 19.3 Å². The molecule has 14 heavy (non-hydrogen) atoms. The fraction of sp³-hybridized carbons (Fsp3) is 0.400. The van der Waals surface area contributed by atoms with Crippen LogP contribution in [0.5, 0.6) is 11.5 Å². The van der Waals surface area contributed by atoms with Gasteiger partial charge in [0.2, 0.25) is 0 Å². The molecule has 0 radical (unpaired) electrons. The summed E-state index contributed by atoms with van der Waals surface area (Å²) in [5.41, 5.74) is 6.18. The summed E-state index contributed by atoms with van der Waals surface area (Å²) in [6.07, 6.45) is -0.715. The van der Waals surface area contributed by atoms with Gasteiger partial charge in [-0.3, -0.25) is 0 Å². The van der Waals surface area contributed by atoms with Gasteiger partial charge in [-0.2, -0.15) is 0 Å². The molecule has 1 aromatic carbocycles. The summed E-state index contributed by atoms with van der Waals surface area (Å²) in [5.74, 6) is 0.674. The number of nitrogens with two attached hydrogens (primary N) is 1. The maximum atomic E-state index is 9.50. The molecule has 1 aromatic rings. The van der Waals surface area contributed by atoms with Crippen LogP contribution in [0.3, 0.4) is 0 Å². The average Bonchev–Trinajstić information content (AvgIpc) is 2.17. The van der Waals surface area contributed by atoms with Crippen LogP contribution >= 0.6 is 0 Å². The zero-order valence-corrected chi connectivity index (χ0v) is 8.27. The Balaban J connectivity index is 3.05. The molecular formula is C10H15NO3. The number of phenolic OH excluding ortho intramolecular Hbond substituents is 1. The van der Waals surface area contributed by atoms with Crippen molar-refractivity contribution in [2.24, 2.45) is 5.73 Å². The lowest BCUT2D eigenvalue weighted by molar-refractivity contribution is 0.162. The first kappa shape index (κ1) is 10.8. The predicted octanol–water partition coefficient (Wildman–Crippen LogP) is 0.781. The Morgan fingerprint density at radius 1 is 1.43 bits per heavy atom. The van der Waals surface area contributed by atoms with E-state index >= 15 is 0 Å². The molecule has 0 aliphatic carbocycles. The minimum Gasteiger partial charge on any atom is -0.508 e. The topological polar surface area (TPSA) is 75.7 Å². The number of ether oxygens (including phenoxy) is 1. The van der Waals surface area contributed by atoms with Crippen molar-refractivity contribution in [2.75, 3.05) is 7.11 Å². The number of benzene rings is 1. The quantitative estimate of drug-likeness (QED) is 0.669. The first-order valence-electron chi connectivity index (χ1n) is 4.36. The van der Waals surface area contributed by atoms with Crippen molar-refractivity contribution in [1.29, 1.82) is 0 Å². The highest BCUT2D eigenvalue weighted by Gasteiger charge is 2.16. The minimum absolute atomic E-state index is 0.0687. The van der Waals surface area contributed by atoms with Gasteiger partial charge >= 0.3 is 0 Å². The van der Waals surface area contributed by atoms with Crippen LogP contribution in [0.25, 0.3) is 0 Å². The average molecular weight is 197 g/mol. The van der Waals surface area contributed by atoms with E-state index in [1.54, 1.807) is 19.1 Å². The molecule has 4 heteroatoms. The van der Waals surface area contributed by atoms with Crippen molar-refractivity contribution >= 4 is 0 Å². The first-order valence-corrected chi connectivity index (χ1v) is 4.36. The highest BCUT2D eigenvalue weighted by atomic mass is 16.5. The largest absolute Gasteiger partial charge is 0.508 e. The SMILES string of the molecule is COc1ccc(O)c([C@H](N)C(C)O)c1. The molecule has 1 rings (SSSR count). The minimum atomic E-state index is -0.715. The lowest BCUT2D eigenvalue weighted by atomic mass is 10.0. The van der Waals surface area contributed by atoms with Crippen LogP contribution in [-0.2, 0) is 0 Å². The molecule has 2 atom stereocenters. The highest BCUT2D eigenvalue weighted by Crippen LogP contribution is 2.28. The Hall–Kier alpha value is -1.26. The molecule has 0 aromatic heterocycles. The second-order valence-corrected chi connectivity index (χ2v) is 3.19. The van der Waals surface area contributed by atoms with Crippen LogP contribution in [-0.4, -0.2) is 23.4 Å². The normalized spacial score (nSPS) is 14.9. The Labute approximate surface area is 82.9 Å². The molecule has 4 N–H and O–H groups in total. The van der Waals surface area contributed by atoms with E-state index < -0.39 is 12.1 Å². The van der Waals surface area contributed by atoms with Gasteiger partial charge in [-0.1, -0.05) is 0 Å². The smallest absolute Gasteiger partial charge is 0.120 e. The van der Waals surface area contributed by atoms with E-state index in [9.17, 15) is 10.2 Å². The lowest BCUT2D eigenvalue weighted by Gasteiger charge is -2.17. The first-order chi connectivity index (χ1) is 6.56. The summed E-state index contributed by atoms with van der Waals surface area (Å²) in [6.45, 7) is 1.57. The van der Waals surface area contributed by atoms with Crippen LogP contribution < -0.4 is 10.5 Å². The van der Waals surface area contributed by atoms with Crippen molar-refractivity contribution in [2.45, 2.75) is 19.1 Å². The third-order valence-electron chi connectivity index (χ3n) is 2.11. The van der Waals surface area contributed by atoms with Crippen LogP contribution in [0, 0.1) is 0 Å². The third kappa shape index (κ3) is 2.16. The summed E-state index contributed by atoms with van der Waals surface area (Å²) >= 11 is 0. The van der Waals surface area contributed by atoms with E-state index in [-0.39, 0.29) is 5.75 Å². The van der Waals surface area contributed by atoms with E-state index in [0.29, 0.717) is 11.3 Å². The number of hydrogen-bond donors (Lipinski definition) is 3. The summed E-state index contributed by atoms with van der Waals surface area (Å²) < 4.78 is 4.99. The van der Waals surface area contributed by atoms with Crippen molar-refractivity contribution < 1.29 is 14.9 Å². The van der Waals surface area contributed by atoms with Crippen molar-refractivity contribution in [3.63, 3.8) is 0 Å². The molecule has 0 aliphatic rings. The summed E-state index contributed by atoms with van der Waals surface area (Å²) in [5, 5.41) is 18.8. The highest BCUT2D eigenvalue weighted by molar-refractivity contribution is 5.41. The Morgan fingerprint density at radius 3 is 2.57 bits per heavy atom. The lowest BCUT2D eigenvalue weighted by Crippen LogP contribution is -2.23. The molecule has 0 fully saturated rings. The molecule has 0 saturated carbocycles. The maximum Gasteiger partial charge on any atom is 0.120 e.